The quantitative estimate of drug-likeness (QED) is 0.892. The van der Waals surface area contributed by atoms with E-state index in [1.807, 2.05) is 0 Å². The molecule has 1 aromatic heterocycles. The number of fused-ring (bicyclic) bond motifs is 1. The van der Waals surface area contributed by atoms with Gasteiger partial charge in [-0.2, -0.15) is 0 Å². The van der Waals surface area contributed by atoms with Gasteiger partial charge in [0, 0.05) is 6.07 Å². The molecule has 0 spiro atoms. The summed E-state index contributed by atoms with van der Waals surface area (Å²) >= 11 is 0. The second kappa shape index (κ2) is 4.48. The first-order valence-electron chi connectivity index (χ1n) is 5.08. The largest absolute Gasteiger partial charge is 0.504 e. The number of hydrogen-bond donors (Lipinski definition) is 1. The van der Waals surface area contributed by atoms with Gasteiger partial charge in [0.25, 0.3) is 5.95 Å². The molecule has 0 aliphatic rings. The van der Waals surface area contributed by atoms with Crippen LogP contribution in [0, 0.1) is 0 Å². The van der Waals surface area contributed by atoms with E-state index in [0.717, 1.165) is 6.07 Å². The van der Waals surface area contributed by atoms with Crippen molar-refractivity contribution >= 4 is 11.0 Å². The Morgan fingerprint density at radius 2 is 1.83 bits per heavy atom. The minimum absolute atomic E-state index is 0.0217. The molecular weight excluding hydrogens is 240 g/mol. The van der Waals surface area contributed by atoms with Crippen LogP contribution in [0.2, 0.25) is 0 Å². The fourth-order valence-corrected chi connectivity index (χ4v) is 1.69. The normalized spacial score (nSPS) is 10.4. The molecule has 0 unspecified atom stereocenters. The van der Waals surface area contributed by atoms with Crippen molar-refractivity contribution in [1.82, 2.24) is 0 Å². The van der Waals surface area contributed by atoms with E-state index in [1.165, 1.54) is 27.4 Å². The van der Waals surface area contributed by atoms with Crippen LogP contribution in [-0.4, -0.2) is 26.4 Å². The Bertz CT molecular complexity index is 643. The minimum Gasteiger partial charge on any atom is -0.504 e. The molecule has 0 radical (unpaired) electrons. The second-order valence-corrected chi connectivity index (χ2v) is 3.47. The molecule has 0 atom stereocenters. The third kappa shape index (κ3) is 1.71. The first-order valence-corrected chi connectivity index (χ1v) is 5.08. The molecule has 6 nitrogen and oxygen atoms in total. The standard InChI is InChI=1S/C12H12O6/c1-15-8-5-7-10(11(14)12(8)17-3)6(13)4-9(16-2)18-7/h4-5,14H,1-3H3. The molecule has 0 saturated carbocycles. The molecule has 18 heavy (non-hydrogen) atoms. The second-order valence-electron chi connectivity index (χ2n) is 3.47. The molecule has 0 bridgehead atoms. The number of benzene rings is 1. The fourth-order valence-electron chi connectivity index (χ4n) is 1.69. The molecule has 0 aliphatic heterocycles. The summed E-state index contributed by atoms with van der Waals surface area (Å²) in [5, 5.41) is 10.0. The highest BCUT2D eigenvalue weighted by Crippen LogP contribution is 2.41. The Morgan fingerprint density at radius 3 is 2.39 bits per heavy atom. The van der Waals surface area contributed by atoms with Crippen molar-refractivity contribution in [2.45, 2.75) is 0 Å². The monoisotopic (exact) mass is 252 g/mol. The van der Waals surface area contributed by atoms with Crippen LogP contribution in [0.25, 0.3) is 11.0 Å². The molecule has 0 aliphatic carbocycles. The summed E-state index contributed by atoms with van der Waals surface area (Å²) in [6, 6.07) is 2.60. The zero-order valence-electron chi connectivity index (χ0n) is 10.1. The maximum atomic E-state index is 11.9. The van der Waals surface area contributed by atoms with E-state index in [0.29, 0.717) is 0 Å². The number of aromatic hydroxyl groups is 1. The zero-order valence-corrected chi connectivity index (χ0v) is 10.1. The van der Waals surface area contributed by atoms with Crippen LogP contribution in [0.15, 0.2) is 21.3 Å². The number of phenolic OH excluding ortho intramolecular Hbond substituents is 1. The number of hydrogen-bond acceptors (Lipinski definition) is 6. The molecule has 2 rings (SSSR count). The van der Waals surface area contributed by atoms with Crippen molar-refractivity contribution in [3.8, 4) is 23.2 Å². The van der Waals surface area contributed by atoms with Crippen LogP contribution in [0.3, 0.4) is 0 Å². The average molecular weight is 252 g/mol. The first-order chi connectivity index (χ1) is 8.62. The smallest absolute Gasteiger partial charge is 0.288 e. The Balaban J connectivity index is 2.90. The summed E-state index contributed by atoms with van der Waals surface area (Å²) < 4.78 is 20.2. The summed E-state index contributed by atoms with van der Waals surface area (Å²) in [5.41, 5.74) is -0.263. The minimum atomic E-state index is -0.424. The molecule has 1 heterocycles. The van der Waals surface area contributed by atoms with Gasteiger partial charge < -0.3 is 23.7 Å². The molecule has 0 amide bonds. The van der Waals surface area contributed by atoms with Crippen molar-refractivity contribution in [3.63, 3.8) is 0 Å². The highest BCUT2D eigenvalue weighted by molar-refractivity contribution is 5.88. The Kier molecular flexibility index (Phi) is 3.01. The van der Waals surface area contributed by atoms with Gasteiger partial charge in [-0.15, -0.1) is 0 Å². The molecule has 0 saturated heterocycles. The predicted octanol–water partition coefficient (Wildman–Crippen LogP) is 1.52. The Labute approximate surface area is 102 Å². The van der Waals surface area contributed by atoms with Gasteiger partial charge in [0.2, 0.25) is 11.2 Å². The summed E-state index contributed by atoms with van der Waals surface area (Å²) in [4.78, 5) is 11.9. The Morgan fingerprint density at radius 1 is 1.11 bits per heavy atom. The summed E-state index contributed by atoms with van der Waals surface area (Å²) in [5.74, 6) is 0.0868. The van der Waals surface area contributed by atoms with Crippen LogP contribution >= 0.6 is 0 Å². The molecule has 1 N–H and O–H groups in total. The van der Waals surface area contributed by atoms with E-state index in [-0.39, 0.29) is 34.2 Å². The molecule has 2 aromatic rings. The van der Waals surface area contributed by atoms with Crippen molar-refractivity contribution in [2.75, 3.05) is 21.3 Å². The molecular formula is C12H12O6. The molecule has 1 aromatic carbocycles. The molecule has 6 heteroatoms. The van der Waals surface area contributed by atoms with E-state index in [2.05, 4.69) is 0 Å². The number of phenols is 1. The van der Waals surface area contributed by atoms with Crippen molar-refractivity contribution in [2.24, 2.45) is 0 Å². The first kappa shape index (κ1) is 12.1. The average Bonchev–Trinajstić information content (AvgIpc) is 2.37. The van der Waals surface area contributed by atoms with Crippen molar-refractivity contribution in [1.29, 1.82) is 0 Å². The topological polar surface area (TPSA) is 78.1 Å². The SMILES string of the molecule is COc1cc(=O)c2c(O)c(OC)c(OC)cc2o1. The van der Waals surface area contributed by atoms with Gasteiger partial charge in [-0.1, -0.05) is 0 Å². The van der Waals surface area contributed by atoms with Gasteiger partial charge in [-0.3, -0.25) is 4.79 Å². The lowest BCUT2D eigenvalue weighted by Crippen LogP contribution is -2.03. The van der Waals surface area contributed by atoms with Crippen LogP contribution in [-0.2, 0) is 0 Å². The fraction of sp³-hybridized carbons (Fsp3) is 0.250. The summed E-state index contributed by atoms with van der Waals surface area (Å²) in [6.45, 7) is 0. The van der Waals surface area contributed by atoms with Gasteiger partial charge in [-0.05, 0) is 0 Å². The summed E-state index contributed by atoms with van der Waals surface area (Å²) in [6.07, 6.45) is 0. The van der Waals surface area contributed by atoms with Crippen LogP contribution in [0.4, 0.5) is 0 Å². The molecule has 96 valence electrons. The van der Waals surface area contributed by atoms with E-state index in [1.54, 1.807) is 0 Å². The molecule has 0 fully saturated rings. The predicted molar refractivity (Wildman–Crippen MR) is 63.8 cm³/mol. The number of rotatable bonds is 3. The number of methoxy groups -OCH3 is 3. The maximum absolute atomic E-state index is 11.9. The zero-order chi connectivity index (χ0) is 13.3. The highest BCUT2D eigenvalue weighted by atomic mass is 16.6. The van der Waals surface area contributed by atoms with Crippen LogP contribution in [0.5, 0.6) is 23.2 Å². The number of ether oxygens (including phenoxy) is 3. The van der Waals surface area contributed by atoms with Gasteiger partial charge in [0.05, 0.1) is 27.4 Å². The van der Waals surface area contributed by atoms with Gasteiger partial charge >= 0.3 is 0 Å². The maximum Gasteiger partial charge on any atom is 0.288 e. The van der Waals surface area contributed by atoms with E-state index in [9.17, 15) is 9.90 Å². The van der Waals surface area contributed by atoms with Crippen molar-refractivity contribution < 1.29 is 23.7 Å². The van der Waals surface area contributed by atoms with E-state index < -0.39 is 5.43 Å². The highest BCUT2D eigenvalue weighted by Gasteiger charge is 2.18. The third-order valence-electron chi connectivity index (χ3n) is 2.52. The van der Waals surface area contributed by atoms with Gasteiger partial charge in [-0.25, -0.2) is 0 Å². The lowest BCUT2D eigenvalue weighted by atomic mass is 10.2. The van der Waals surface area contributed by atoms with Crippen molar-refractivity contribution in [3.05, 3.63) is 22.4 Å². The van der Waals surface area contributed by atoms with Gasteiger partial charge in [0.1, 0.15) is 11.0 Å². The Hall–Kier alpha value is -2.37. The van der Waals surface area contributed by atoms with Crippen LogP contribution in [0.1, 0.15) is 0 Å². The lowest BCUT2D eigenvalue weighted by Gasteiger charge is -2.11. The van der Waals surface area contributed by atoms with Gasteiger partial charge in [0.15, 0.2) is 11.5 Å². The van der Waals surface area contributed by atoms with E-state index >= 15 is 0 Å². The summed E-state index contributed by atoms with van der Waals surface area (Å²) in [7, 11) is 4.17. The van der Waals surface area contributed by atoms with E-state index in [4.69, 9.17) is 18.6 Å². The third-order valence-corrected chi connectivity index (χ3v) is 2.52. The van der Waals surface area contributed by atoms with Crippen LogP contribution < -0.4 is 19.6 Å². The lowest BCUT2D eigenvalue weighted by molar-refractivity contribution is 0.307.